The van der Waals surface area contributed by atoms with Crippen LogP contribution >= 0.6 is 11.3 Å². The van der Waals surface area contributed by atoms with Crippen molar-refractivity contribution in [2.75, 3.05) is 20.3 Å². The van der Waals surface area contributed by atoms with Crippen LogP contribution in [0.4, 0.5) is 0 Å². The van der Waals surface area contributed by atoms with Gasteiger partial charge in [-0.3, -0.25) is 9.36 Å². The molecule has 0 aliphatic carbocycles. The molecule has 0 saturated carbocycles. The van der Waals surface area contributed by atoms with Gasteiger partial charge in [-0.25, -0.2) is 9.79 Å². The highest BCUT2D eigenvalue weighted by atomic mass is 32.1. The summed E-state index contributed by atoms with van der Waals surface area (Å²) in [6.45, 7) is 2.47. The van der Waals surface area contributed by atoms with Crippen molar-refractivity contribution in [3.8, 4) is 23.0 Å². The second kappa shape index (κ2) is 13.5. The minimum absolute atomic E-state index is 0.262. The number of esters is 1. The molecule has 0 spiro atoms. The van der Waals surface area contributed by atoms with Gasteiger partial charge in [0, 0.05) is 0 Å². The number of nitrogens with zero attached hydrogens (tertiary/aromatic N) is 2. The number of aromatic nitrogens is 1. The lowest BCUT2D eigenvalue weighted by Crippen LogP contribution is -2.40. The molecule has 0 amide bonds. The molecule has 0 radical (unpaired) electrons. The first-order valence-electron chi connectivity index (χ1n) is 14.4. The van der Waals surface area contributed by atoms with E-state index < -0.39 is 12.0 Å². The van der Waals surface area contributed by atoms with Crippen LogP contribution in [0.2, 0.25) is 0 Å². The Bertz CT molecular complexity index is 2020. The number of hydrogen-bond donors (Lipinski definition) is 0. The smallest absolute Gasteiger partial charge is 0.343 e. The van der Waals surface area contributed by atoms with Crippen molar-refractivity contribution in [3.63, 3.8) is 0 Å². The first kappa shape index (κ1) is 29.7. The third kappa shape index (κ3) is 6.58. The van der Waals surface area contributed by atoms with Crippen molar-refractivity contribution in [2.45, 2.75) is 13.0 Å². The average Bonchev–Trinajstić information content (AvgIpc) is 3.37. The molecular weight excluding hydrogens is 588 g/mol. The van der Waals surface area contributed by atoms with Crippen molar-refractivity contribution in [2.24, 2.45) is 4.99 Å². The molecule has 5 aromatic rings. The van der Waals surface area contributed by atoms with Crippen LogP contribution in [0.1, 0.15) is 24.1 Å². The molecule has 1 aliphatic heterocycles. The van der Waals surface area contributed by atoms with Crippen LogP contribution in [-0.2, 0) is 4.79 Å². The summed E-state index contributed by atoms with van der Waals surface area (Å²) in [5.74, 6) is 1.72. The molecule has 0 fully saturated rings. The zero-order valence-electron chi connectivity index (χ0n) is 24.7. The fraction of sp³-hybridized carbons (Fsp3) is 0.139. The predicted molar refractivity (Wildman–Crippen MR) is 173 cm³/mol. The van der Waals surface area contributed by atoms with Gasteiger partial charge in [-0.15, -0.1) is 0 Å². The number of benzene rings is 4. The van der Waals surface area contributed by atoms with E-state index in [1.54, 1.807) is 55.0 Å². The van der Waals surface area contributed by atoms with Crippen molar-refractivity contribution in [1.82, 2.24) is 4.57 Å². The first-order valence-corrected chi connectivity index (χ1v) is 15.2. The van der Waals surface area contributed by atoms with E-state index in [-0.39, 0.29) is 5.56 Å². The number of hydrogen-bond acceptors (Lipinski definition) is 8. The predicted octanol–water partition coefficient (Wildman–Crippen LogP) is 5.31. The maximum absolute atomic E-state index is 14.0. The molecule has 6 rings (SSSR count). The average molecular weight is 619 g/mol. The highest BCUT2D eigenvalue weighted by Crippen LogP contribution is 2.31. The summed E-state index contributed by atoms with van der Waals surface area (Å²) in [6.07, 6.45) is 1.79. The molecule has 9 heteroatoms. The van der Waals surface area contributed by atoms with Crippen molar-refractivity contribution < 1.29 is 23.7 Å². The highest BCUT2D eigenvalue weighted by Gasteiger charge is 2.33. The van der Waals surface area contributed by atoms with Gasteiger partial charge in [-0.05, 0) is 60.5 Å². The third-order valence-electron chi connectivity index (χ3n) is 7.15. The number of rotatable bonds is 10. The zero-order chi connectivity index (χ0) is 31.2. The molecule has 1 aliphatic rings. The van der Waals surface area contributed by atoms with Gasteiger partial charge in [0.05, 0.1) is 29.0 Å². The Balaban J connectivity index is 1.30. The maximum Gasteiger partial charge on any atom is 0.343 e. The highest BCUT2D eigenvalue weighted by molar-refractivity contribution is 7.07. The van der Waals surface area contributed by atoms with E-state index in [9.17, 15) is 9.59 Å². The third-order valence-corrected chi connectivity index (χ3v) is 8.13. The second-order valence-corrected chi connectivity index (χ2v) is 11.1. The van der Waals surface area contributed by atoms with E-state index in [4.69, 9.17) is 18.9 Å². The number of para-hydroxylation sites is 2. The van der Waals surface area contributed by atoms with Gasteiger partial charge in [-0.1, -0.05) is 84.1 Å². The van der Waals surface area contributed by atoms with Crippen molar-refractivity contribution in [1.29, 1.82) is 0 Å². The van der Waals surface area contributed by atoms with Gasteiger partial charge in [0.15, 0.2) is 16.3 Å². The molecule has 0 saturated heterocycles. The molecule has 2 heterocycles. The van der Waals surface area contributed by atoms with Gasteiger partial charge in [0.2, 0.25) is 0 Å². The summed E-state index contributed by atoms with van der Waals surface area (Å²) in [4.78, 5) is 32.7. The lowest BCUT2D eigenvalue weighted by atomic mass is 9.96. The van der Waals surface area contributed by atoms with Gasteiger partial charge in [0.25, 0.3) is 5.56 Å². The lowest BCUT2D eigenvalue weighted by molar-refractivity contribution is -0.130. The maximum atomic E-state index is 14.0. The topological polar surface area (TPSA) is 88.4 Å². The Morgan fingerprint density at radius 2 is 1.49 bits per heavy atom. The molecule has 45 heavy (non-hydrogen) atoms. The number of thiazole rings is 1. The van der Waals surface area contributed by atoms with Crippen molar-refractivity contribution in [3.05, 3.63) is 151 Å². The minimum atomic E-state index is -0.704. The number of ether oxygens (including phenoxy) is 4. The monoisotopic (exact) mass is 618 g/mol. The fourth-order valence-electron chi connectivity index (χ4n) is 5.06. The van der Waals surface area contributed by atoms with Crippen LogP contribution < -0.4 is 33.8 Å². The minimum Gasteiger partial charge on any atom is -0.493 e. The summed E-state index contributed by atoms with van der Waals surface area (Å²) < 4.78 is 25.0. The standard InChI is InChI=1S/C36H30N2O6S/c1-24-32(35(40)44-28-16-10-5-11-17-28)33(26-12-6-3-7-13-26)38-34(39)31(45-36(38)37-24)23-25-18-19-29(30(22-25)41-2)43-21-20-42-27-14-8-4-9-15-27/h3-19,22-23,33H,20-21H2,1-2H3/b31-23+. The molecule has 1 unspecified atom stereocenters. The van der Waals surface area contributed by atoms with E-state index in [2.05, 4.69) is 4.99 Å². The van der Waals surface area contributed by atoms with Gasteiger partial charge < -0.3 is 18.9 Å². The molecule has 1 aromatic heterocycles. The Labute approximate surface area is 263 Å². The van der Waals surface area contributed by atoms with E-state index in [1.165, 1.54) is 11.3 Å². The zero-order valence-corrected chi connectivity index (χ0v) is 25.5. The normalized spacial score (nSPS) is 14.4. The lowest BCUT2D eigenvalue weighted by Gasteiger charge is -2.24. The number of carbonyl (C=O) groups is 1. The Kier molecular flexibility index (Phi) is 8.89. The molecule has 4 aromatic carbocycles. The molecule has 0 bridgehead atoms. The number of fused-ring (bicyclic) bond motifs is 1. The van der Waals surface area contributed by atoms with E-state index in [1.807, 2.05) is 78.9 Å². The van der Waals surface area contributed by atoms with E-state index >= 15 is 0 Å². The first-order chi connectivity index (χ1) is 22.0. The molecule has 1 atom stereocenters. The van der Waals surface area contributed by atoms with Crippen LogP contribution in [0.3, 0.4) is 0 Å². The molecule has 226 valence electrons. The molecule has 0 N–H and O–H groups in total. The molecular formula is C36H30N2O6S. The second-order valence-electron chi connectivity index (χ2n) is 10.1. The van der Waals surface area contributed by atoms with E-state index in [0.717, 1.165) is 16.9 Å². The number of methoxy groups -OCH3 is 1. The Hall–Kier alpha value is -5.41. The summed E-state index contributed by atoms with van der Waals surface area (Å²) in [7, 11) is 1.57. The van der Waals surface area contributed by atoms with E-state index in [0.29, 0.717) is 51.1 Å². The van der Waals surface area contributed by atoms with Crippen LogP contribution in [0.15, 0.2) is 130 Å². The summed E-state index contributed by atoms with van der Waals surface area (Å²) in [6, 6.07) is 32.6. The quantitative estimate of drug-likeness (QED) is 0.120. The largest absolute Gasteiger partial charge is 0.493 e. The number of allylic oxidation sites excluding steroid dienone is 1. The SMILES string of the molecule is COc1cc(/C=c2/sc3n(c2=O)C(c2ccccc2)C(C(=O)Oc2ccccc2)=C(C)N=3)ccc1OCCOc1ccccc1. The number of carbonyl (C=O) groups excluding carboxylic acids is 1. The van der Waals surface area contributed by atoms with Gasteiger partial charge >= 0.3 is 5.97 Å². The molecule has 8 nitrogen and oxygen atoms in total. The van der Waals surface area contributed by atoms with Gasteiger partial charge in [0.1, 0.15) is 24.7 Å². The van der Waals surface area contributed by atoms with Crippen LogP contribution in [0.5, 0.6) is 23.0 Å². The fourth-order valence-corrected chi connectivity index (χ4v) is 6.10. The Morgan fingerprint density at radius 3 is 2.18 bits per heavy atom. The van der Waals surface area contributed by atoms with Crippen molar-refractivity contribution >= 4 is 23.4 Å². The summed E-state index contributed by atoms with van der Waals surface area (Å²) in [5, 5.41) is 0. The van der Waals surface area contributed by atoms with Crippen LogP contribution in [-0.4, -0.2) is 30.9 Å². The van der Waals surface area contributed by atoms with Gasteiger partial charge in [-0.2, -0.15) is 0 Å². The summed E-state index contributed by atoms with van der Waals surface area (Å²) >= 11 is 1.26. The summed E-state index contributed by atoms with van der Waals surface area (Å²) in [5.41, 5.74) is 2.07. The Morgan fingerprint density at radius 1 is 0.844 bits per heavy atom. The van der Waals surface area contributed by atoms with Crippen LogP contribution in [0.25, 0.3) is 6.08 Å². The van der Waals surface area contributed by atoms with Crippen LogP contribution in [0, 0.1) is 0 Å².